The summed E-state index contributed by atoms with van der Waals surface area (Å²) in [7, 11) is -1.81. The number of hydrogen-bond acceptors (Lipinski definition) is 1. The molecule has 0 aromatic heterocycles. The predicted octanol–water partition coefficient (Wildman–Crippen LogP) is 9.16. The van der Waals surface area contributed by atoms with Crippen molar-refractivity contribution in [2.75, 3.05) is 0 Å². The first kappa shape index (κ1) is 26.4. The molecule has 35 heavy (non-hydrogen) atoms. The summed E-state index contributed by atoms with van der Waals surface area (Å²) in [6, 6.07) is 16.8. The van der Waals surface area contributed by atoms with Gasteiger partial charge in [0.2, 0.25) is 0 Å². The van der Waals surface area contributed by atoms with Crippen molar-refractivity contribution >= 4 is 14.3 Å². The summed E-state index contributed by atoms with van der Waals surface area (Å²) in [5.41, 5.74) is 8.58. The molecule has 2 aliphatic rings. The van der Waals surface area contributed by atoms with Crippen LogP contribution in [0, 0.1) is 5.92 Å². The molecule has 2 heteroatoms. The van der Waals surface area contributed by atoms with Crippen LogP contribution in [0.15, 0.2) is 48.5 Å². The van der Waals surface area contributed by atoms with E-state index in [9.17, 15) is 0 Å². The second-order valence-corrected chi connectivity index (χ2v) is 19.3. The highest BCUT2D eigenvalue weighted by atomic mass is 28.3. The zero-order valence-electron chi connectivity index (χ0n) is 24.2. The molecule has 2 aromatic carbocycles. The molecule has 2 aliphatic carbocycles. The third-order valence-electron chi connectivity index (χ3n) is 8.36. The van der Waals surface area contributed by atoms with Crippen molar-refractivity contribution < 1.29 is 0 Å². The lowest BCUT2D eigenvalue weighted by Gasteiger charge is -2.43. The molecule has 0 bridgehead atoms. The Labute approximate surface area is 216 Å². The Morgan fingerprint density at radius 2 is 1.34 bits per heavy atom. The smallest absolute Gasteiger partial charge is 0.124 e. The quantitative estimate of drug-likeness (QED) is 0.425. The highest BCUT2D eigenvalue weighted by molar-refractivity contribution is 6.77. The largest absolute Gasteiger partial charge is 0.332 e. The summed E-state index contributed by atoms with van der Waals surface area (Å²) < 4.78 is 0. The first-order chi connectivity index (χ1) is 16.0. The predicted molar refractivity (Wildman–Crippen MR) is 157 cm³/mol. The fourth-order valence-electron chi connectivity index (χ4n) is 7.01. The molecule has 0 heterocycles. The summed E-state index contributed by atoms with van der Waals surface area (Å²) in [4.78, 5) is 4.19. The Balaban J connectivity index is 1.89. The van der Waals surface area contributed by atoms with Crippen LogP contribution in [0.3, 0.4) is 0 Å². The Morgan fingerprint density at radius 3 is 1.89 bits per heavy atom. The summed E-state index contributed by atoms with van der Waals surface area (Å²) in [6.45, 7) is 26.4. The van der Waals surface area contributed by atoms with E-state index in [1.807, 2.05) is 0 Å². The minimum absolute atomic E-state index is 0.123. The molecule has 2 aromatic rings. The van der Waals surface area contributed by atoms with Crippen molar-refractivity contribution in [2.45, 2.75) is 116 Å². The third-order valence-corrected chi connectivity index (χ3v) is 12.2. The van der Waals surface area contributed by atoms with E-state index in [-0.39, 0.29) is 16.4 Å². The molecular formula is C33H49NSi. The van der Waals surface area contributed by atoms with E-state index in [1.165, 1.54) is 23.1 Å². The van der Waals surface area contributed by atoms with Crippen LogP contribution in [0.5, 0.6) is 0 Å². The fourth-order valence-corrected chi connectivity index (χ4v) is 11.7. The molecule has 1 fully saturated rings. The topological polar surface area (TPSA) is 12.0 Å². The lowest BCUT2D eigenvalue weighted by atomic mass is 9.77. The van der Waals surface area contributed by atoms with E-state index in [2.05, 4.69) is 135 Å². The highest BCUT2D eigenvalue weighted by Gasteiger charge is 2.52. The van der Waals surface area contributed by atoms with E-state index < -0.39 is 8.24 Å². The number of nitrogens with one attached hydrogen (secondary N) is 1. The maximum Gasteiger partial charge on any atom is 0.124 e. The summed E-state index contributed by atoms with van der Waals surface area (Å²) in [6.07, 6.45) is 6.24. The average molecular weight is 488 g/mol. The van der Waals surface area contributed by atoms with Crippen LogP contribution in [0.2, 0.25) is 18.6 Å². The number of allylic oxidation sites excluding steroid dienone is 1. The summed E-state index contributed by atoms with van der Waals surface area (Å²) >= 11 is 0. The lowest BCUT2D eigenvalue weighted by Crippen LogP contribution is -2.58. The standard InChI is InChI=1S/C33H49NSi/c1-31(2,3)24-18-23(19-25(20-24)32(4,5)6)28-21-29-26-15-13-12-14-22(26)16-17-27(29)30(28)35(10,11)34-33(7,8)9/h12-20,27-30,34H,21H2,1-11H3. The summed E-state index contributed by atoms with van der Waals surface area (Å²) in [5, 5.41) is 0. The Morgan fingerprint density at radius 1 is 0.771 bits per heavy atom. The SMILES string of the molecule is CC(C)(C)N[Si](C)(C)C1C(c2cc(C(C)(C)C)cc(C(C)(C)C)c2)CC2c3ccccc3C=CC21. The van der Waals surface area contributed by atoms with Gasteiger partial charge in [0.15, 0.2) is 0 Å². The molecular weight excluding hydrogens is 438 g/mol. The van der Waals surface area contributed by atoms with Gasteiger partial charge in [-0.1, -0.05) is 109 Å². The van der Waals surface area contributed by atoms with Crippen molar-refractivity contribution in [2.24, 2.45) is 5.92 Å². The van der Waals surface area contributed by atoms with Gasteiger partial charge in [-0.15, -0.1) is 0 Å². The molecule has 0 amide bonds. The van der Waals surface area contributed by atoms with Gasteiger partial charge in [0.05, 0.1) is 0 Å². The normalized spacial score (nSPS) is 24.9. The van der Waals surface area contributed by atoms with Gasteiger partial charge >= 0.3 is 0 Å². The van der Waals surface area contributed by atoms with Crippen molar-refractivity contribution in [1.82, 2.24) is 4.98 Å². The molecule has 0 saturated heterocycles. The van der Waals surface area contributed by atoms with Crippen LogP contribution in [-0.4, -0.2) is 13.8 Å². The fraction of sp³-hybridized carbons (Fsp3) is 0.576. The van der Waals surface area contributed by atoms with Gasteiger partial charge in [0, 0.05) is 5.54 Å². The monoisotopic (exact) mass is 487 g/mol. The molecule has 0 aliphatic heterocycles. The van der Waals surface area contributed by atoms with Crippen molar-refractivity contribution in [3.05, 3.63) is 76.4 Å². The van der Waals surface area contributed by atoms with Gasteiger partial charge in [-0.3, -0.25) is 0 Å². The maximum atomic E-state index is 4.19. The molecule has 4 rings (SSSR count). The van der Waals surface area contributed by atoms with Crippen LogP contribution in [-0.2, 0) is 10.8 Å². The molecule has 190 valence electrons. The van der Waals surface area contributed by atoms with Gasteiger partial charge in [0.1, 0.15) is 8.24 Å². The molecule has 1 nitrogen and oxygen atoms in total. The zero-order valence-corrected chi connectivity index (χ0v) is 25.2. The average Bonchev–Trinajstić information content (AvgIpc) is 3.11. The van der Waals surface area contributed by atoms with E-state index in [0.29, 0.717) is 23.3 Å². The van der Waals surface area contributed by atoms with E-state index in [4.69, 9.17) is 0 Å². The first-order valence-electron chi connectivity index (χ1n) is 13.7. The first-order valence-corrected chi connectivity index (χ1v) is 16.8. The second kappa shape index (κ2) is 8.73. The summed E-state index contributed by atoms with van der Waals surface area (Å²) in [5.74, 6) is 1.78. The minimum atomic E-state index is -1.81. The number of rotatable bonds is 3. The van der Waals surface area contributed by atoms with E-state index in [1.54, 1.807) is 11.1 Å². The van der Waals surface area contributed by atoms with Gasteiger partial charge < -0.3 is 4.98 Å². The van der Waals surface area contributed by atoms with Crippen LogP contribution in [0.25, 0.3) is 6.08 Å². The Kier molecular flexibility index (Phi) is 6.59. The third kappa shape index (κ3) is 5.39. The van der Waals surface area contributed by atoms with Gasteiger partial charge in [-0.25, -0.2) is 0 Å². The van der Waals surface area contributed by atoms with Gasteiger partial charge in [-0.05, 0) is 89.1 Å². The van der Waals surface area contributed by atoms with Crippen LogP contribution in [0.4, 0.5) is 0 Å². The maximum absolute atomic E-state index is 4.19. The molecule has 1 N–H and O–H groups in total. The minimum Gasteiger partial charge on any atom is -0.332 e. The highest BCUT2D eigenvalue weighted by Crippen LogP contribution is 2.61. The molecule has 0 spiro atoms. The van der Waals surface area contributed by atoms with Crippen LogP contribution >= 0.6 is 0 Å². The van der Waals surface area contributed by atoms with Gasteiger partial charge in [-0.2, -0.15) is 0 Å². The van der Waals surface area contributed by atoms with Crippen LogP contribution < -0.4 is 4.98 Å². The number of hydrogen-bond donors (Lipinski definition) is 1. The molecule has 4 unspecified atom stereocenters. The van der Waals surface area contributed by atoms with E-state index >= 15 is 0 Å². The molecule has 4 atom stereocenters. The molecule has 0 radical (unpaired) electrons. The Hall–Kier alpha value is -1.64. The lowest BCUT2D eigenvalue weighted by molar-refractivity contribution is 0.488. The molecule has 1 saturated carbocycles. The Bertz CT molecular complexity index is 1070. The number of benzene rings is 2. The van der Waals surface area contributed by atoms with Gasteiger partial charge in [0.25, 0.3) is 0 Å². The van der Waals surface area contributed by atoms with Crippen molar-refractivity contribution in [3.63, 3.8) is 0 Å². The number of fused-ring (bicyclic) bond motifs is 3. The van der Waals surface area contributed by atoms with Crippen molar-refractivity contribution in [1.29, 1.82) is 0 Å². The zero-order chi connectivity index (χ0) is 26.0. The van der Waals surface area contributed by atoms with Crippen LogP contribution in [0.1, 0.15) is 108 Å². The second-order valence-electron chi connectivity index (χ2n) is 15.0. The van der Waals surface area contributed by atoms with Crippen molar-refractivity contribution in [3.8, 4) is 0 Å². The van der Waals surface area contributed by atoms with E-state index in [0.717, 1.165) is 0 Å².